The molecule has 26 heavy (non-hydrogen) atoms. The van der Waals surface area contributed by atoms with Crippen LogP contribution in [0.3, 0.4) is 0 Å². The molecule has 0 radical (unpaired) electrons. The minimum atomic E-state index is -1.05. The van der Waals surface area contributed by atoms with Gasteiger partial charge in [-0.25, -0.2) is 4.98 Å². The fourth-order valence-corrected chi connectivity index (χ4v) is 3.10. The molecule has 6 heteroatoms. The van der Waals surface area contributed by atoms with Gasteiger partial charge < -0.3 is 14.7 Å². The van der Waals surface area contributed by atoms with E-state index in [0.29, 0.717) is 11.4 Å². The topological polar surface area (TPSA) is 79.7 Å². The highest BCUT2D eigenvalue weighted by atomic mass is 16.5. The van der Waals surface area contributed by atoms with Gasteiger partial charge in [-0.3, -0.25) is 9.59 Å². The maximum atomic E-state index is 12.7. The lowest BCUT2D eigenvalue weighted by molar-refractivity contribution is -0.137. The third kappa shape index (κ3) is 4.81. The van der Waals surface area contributed by atoms with Gasteiger partial charge in [0.15, 0.2) is 0 Å². The molecule has 1 fully saturated rings. The fraction of sp³-hybridized carbons (Fsp3) is 0.350. The van der Waals surface area contributed by atoms with Gasteiger partial charge in [0.05, 0.1) is 5.56 Å². The van der Waals surface area contributed by atoms with Crippen LogP contribution in [0.4, 0.5) is 0 Å². The molecule has 1 heterocycles. The summed E-state index contributed by atoms with van der Waals surface area (Å²) >= 11 is 0. The Labute approximate surface area is 152 Å². The van der Waals surface area contributed by atoms with Crippen molar-refractivity contribution in [3.63, 3.8) is 0 Å². The summed E-state index contributed by atoms with van der Waals surface area (Å²) in [5.41, 5.74) is 1.22. The molecular formula is C20H22N2O4. The van der Waals surface area contributed by atoms with Crippen molar-refractivity contribution in [2.75, 3.05) is 6.54 Å². The molecule has 0 unspecified atom stereocenters. The second-order valence-corrected chi connectivity index (χ2v) is 6.45. The highest BCUT2D eigenvalue weighted by molar-refractivity contribution is 5.95. The van der Waals surface area contributed by atoms with Crippen molar-refractivity contribution in [3.8, 4) is 5.88 Å². The first-order valence-corrected chi connectivity index (χ1v) is 8.79. The van der Waals surface area contributed by atoms with Crippen LogP contribution in [0.5, 0.6) is 5.88 Å². The Hall–Kier alpha value is -2.89. The van der Waals surface area contributed by atoms with Crippen LogP contribution in [-0.2, 0) is 11.3 Å². The summed E-state index contributed by atoms with van der Waals surface area (Å²) in [5, 5.41) is 9.13. The Bertz CT molecular complexity index is 740. The number of rotatable bonds is 7. The Morgan fingerprint density at radius 3 is 2.46 bits per heavy atom. The SMILES string of the molecule is O=C(O)CN(Cc1ccccc1)C(=O)c1ccc(OC2CCCC2)nc1. The van der Waals surface area contributed by atoms with E-state index in [0.717, 1.165) is 18.4 Å². The molecule has 0 aliphatic heterocycles. The van der Waals surface area contributed by atoms with Crippen molar-refractivity contribution in [3.05, 3.63) is 59.8 Å². The average molecular weight is 354 g/mol. The quantitative estimate of drug-likeness (QED) is 0.826. The summed E-state index contributed by atoms with van der Waals surface area (Å²) in [7, 11) is 0. The second-order valence-electron chi connectivity index (χ2n) is 6.45. The first kappa shape index (κ1) is 17.9. The number of carbonyl (C=O) groups is 2. The number of carboxylic acid groups (broad SMARTS) is 1. The average Bonchev–Trinajstić information content (AvgIpc) is 3.15. The molecule has 1 saturated carbocycles. The zero-order chi connectivity index (χ0) is 18.4. The molecule has 1 amide bonds. The molecule has 1 aromatic carbocycles. The van der Waals surface area contributed by atoms with Crippen LogP contribution in [0.15, 0.2) is 48.7 Å². The summed E-state index contributed by atoms with van der Waals surface area (Å²) in [6.45, 7) is -0.139. The summed E-state index contributed by atoms with van der Waals surface area (Å²) in [6.07, 6.45) is 6.06. The Balaban J connectivity index is 1.69. The van der Waals surface area contributed by atoms with Crippen LogP contribution < -0.4 is 4.74 Å². The van der Waals surface area contributed by atoms with E-state index in [1.807, 2.05) is 30.3 Å². The molecule has 1 aliphatic rings. The third-order valence-electron chi connectivity index (χ3n) is 4.40. The van der Waals surface area contributed by atoms with Gasteiger partial charge in [0, 0.05) is 18.8 Å². The second kappa shape index (κ2) is 8.47. The van der Waals surface area contributed by atoms with Crippen molar-refractivity contribution in [1.29, 1.82) is 0 Å². The van der Waals surface area contributed by atoms with Gasteiger partial charge >= 0.3 is 5.97 Å². The fourth-order valence-electron chi connectivity index (χ4n) is 3.10. The zero-order valence-corrected chi connectivity index (χ0v) is 14.5. The summed E-state index contributed by atoms with van der Waals surface area (Å²) < 4.78 is 5.80. The van der Waals surface area contributed by atoms with E-state index in [2.05, 4.69) is 4.98 Å². The lowest BCUT2D eigenvalue weighted by Gasteiger charge is -2.21. The molecule has 0 atom stereocenters. The van der Waals surface area contributed by atoms with Crippen LogP contribution in [0, 0.1) is 0 Å². The van der Waals surface area contributed by atoms with E-state index in [9.17, 15) is 9.59 Å². The van der Waals surface area contributed by atoms with Gasteiger partial charge in [0.2, 0.25) is 5.88 Å². The number of carboxylic acids is 1. The number of hydrogen-bond acceptors (Lipinski definition) is 4. The molecule has 0 spiro atoms. The number of pyridine rings is 1. The normalized spacial score (nSPS) is 14.2. The molecular weight excluding hydrogens is 332 g/mol. The summed E-state index contributed by atoms with van der Waals surface area (Å²) in [4.78, 5) is 29.4. The first-order chi connectivity index (χ1) is 12.6. The number of benzene rings is 1. The first-order valence-electron chi connectivity index (χ1n) is 8.79. The minimum absolute atomic E-state index is 0.200. The number of hydrogen-bond donors (Lipinski definition) is 1. The maximum Gasteiger partial charge on any atom is 0.323 e. The van der Waals surface area contributed by atoms with E-state index < -0.39 is 5.97 Å². The molecule has 136 valence electrons. The monoisotopic (exact) mass is 354 g/mol. The highest BCUT2D eigenvalue weighted by Gasteiger charge is 2.20. The van der Waals surface area contributed by atoms with Crippen LogP contribution in [0.2, 0.25) is 0 Å². The Morgan fingerprint density at radius 2 is 1.85 bits per heavy atom. The van der Waals surface area contributed by atoms with Gasteiger partial charge in [-0.15, -0.1) is 0 Å². The van der Waals surface area contributed by atoms with Crippen molar-refractivity contribution in [1.82, 2.24) is 9.88 Å². The molecule has 0 bridgehead atoms. The lowest BCUT2D eigenvalue weighted by atomic mass is 10.2. The third-order valence-corrected chi connectivity index (χ3v) is 4.40. The smallest absolute Gasteiger partial charge is 0.323 e. The summed E-state index contributed by atoms with van der Waals surface area (Å²) in [6, 6.07) is 12.6. The number of carbonyl (C=O) groups excluding carboxylic acids is 1. The predicted molar refractivity (Wildman–Crippen MR) is 95.9 cm³/mol. The van der Waals surface area contributed by atoms with Crippen LogP contribution in [-0.4, -0.2) is 39.5 Å². The largest absolute Gasteiger partial charge is 0.480 e. The standard InChI is InChI=1S/C20H22N2O4/c23-19(24)14-22(13-15-6-2-1-3-7-15)20(25)16-10-11-18(21-12-16)26-17-8-4-5-9-17/h1-3,6-7,10-12,17H,4-5,8-9,13-14H2,(H,23,24). The van der Waals surface area contributed by atoms with Crippen molar-refractivity contribution < 1.29 is 19.4 Å². The van der Waals surface area contributed by atoms with Crippen LogP contribution in [0.1, 0.15) is 41.6 Å². The van der Waals surface area contributed by atoms with Gasteiger partial charge in [-0.1, -0.05) is 30.3 Å². The molecule has 2 aromatic rings. The molecule has 1 aromatic heterocycles. The Morgan fingerprint density at radius 1 is 1.12 bits per heavy atom. The summed E-state index contributed by atoms with van der Waals surface area (Å²) in [5.74, 6) is -0.916. The van der Waals surface area contributed by atoms with Gasteiger partial charge in [0.1, 0.15) is 12.6 Å². The van der Waals surface area contributed by atoms with E-state index in [1.54, 1.807) is 12.1 Å². The van der Waals surface area contributed by atoms with Gasteiger partial charge in [0.25, 0.3) is 5.91 Å². The van der Waals surface area contributed by atoms with Gasteiger partial charge in [-0.2, -0.15) is 0 Å². The number of aromatic nitrogens is 1. The van der Waals surface area contributed by atoms with E-state index in [4.69, 9.17) is 9.84 Å². The van der Waals surface area contributed by atoms with Crippen molar-refractivity contribution in [2.24, 2.45) is 0 Å². The van der Waals surface area contributed by atoms with E-state index in [1.165, 1.54) is 23.9 Å². The van der Waals surface area contributed by atoms with E-state index >= 15 is 0 Å². The predicted octanol–water partition coefficient (Wildman–Crippen LogP) is 3.13. The van der Waals surface area contributed by atoms with Crippen LogP contribution >= 0.6 is 0 Å². The van der Waals surface area contributed by atoms with Crippen molar-refractivity contribution >= 4 is 11.9 Å². The maximum absolute atomic E-state index is 12.7. The Kier molecular flexibility index (Phi) is 5.84. The molecule has 1 N–H and O–H groups in total. The van der Waals surface area contributed by atoms with Crippen LogP contribution in [0.25, 0.3) is 0 Å². The molecule has 1 aliphatic carbocycles. The zero-order valence-electron chi connectivity index (χ0n) is 14.5. The van der Waals surface area contributed by atoms with Crippen molar-refractivity contribution in [2.45, 2.75) is 38.3 Å². The number of amides is 1. The lowest BCUT2D eigenvalue weighted by Crippen LogP contribution is -2.35. The molecule has 6 nitrogen and oxygen atoms in total. The number of aliphatic carboxylic acids is 1. The number of ether oxygens (including phenoxy) is 1. The molecule has 3 rings (SSSR count). The highest BCUT2D eigenvalue weighted by Crippen LogP contribution is 2.23. The van der Waals surface area contributed by atoms with E-state index in [-0.39, 0.29) is 25.1 Å². The number of nitrogens with zero attached hydrogens (tertiary/aromatic N) is 2. The minimum Gasteiger partial charge on any atom is -0.480 e. The molecule has 0 saturated heterocycles. The van der Waals surface area contributed by atoms with Gasteiger partial charge in [-0.05, 0) is 37.3 Å².